The average Bonchev–Trinajstić information content (AvgIpc) is 3.43. The van der Waals surface area contributed by atoms with Crippen LogP contribution in [0.2, 0.25) is 0 Å². The zero-order valence-corrected chi connectivity index (χ0v) is 19.6. The fraction of sp³-hybridized carbons (Fsp3) is 0.320. The van der Waals surface area contributed by atoms with Crippen molar-refractivity contribution in [2.24, 2.45) is 0 Å². The summed E-state index contributed by atoms with van der Waals surface area (Å²) in [6.07, 6.45) is 6.89. The Balaban J connectivity index is 2.05. The Labute approximate surface area is 192 Å². The molecule has 4 nitrogen and oxygen atoms in total. The lowest BCUT2D eigenvalue weighted by atomic mass is 10.1. The molecule has 1 aromatic carbocycles. The van der Waals surface area contributed by atoms with Gasteiger partial charge in [0, 0.05) is 23.5 Å². The van der Waals surface area contributed by atoms with Gasteiger partial charge < -0.3 is 4.90 Å². The van der Waals surface area contributed by atoms with Gasteiger partial charge in [0.25, 0.3) is 0 Å². The predicted octanol–water partition coefficient (Wildman–Crippen LogP) is 5.30. The minimum Gasteiger partial charge on any atom is -0.363 e. The van der Waals surface area contributed by atoms with Gasteiger partial charge >= 0.3 is 0 Å². The van der Waals surface area contributed by atoms with Crippen molar-refractivity contribution in [3.05, 3.63) is 56.5 Å². The van der Waals surface area contributed by atoms with Crippen LogP contribution in [0.15, 0.2) is 42.5 Å². The molecule has 0 saturated carbocycles. The summed E-state index contributed by atoms with van der Waals surface area (Å²) in [6.45, 7) is 6.62. The molecule has 0 aliphatic heterocycles. The van der Waals surface area contributed by atoms with Gasteiger partial charge in [-0.3, -0.25) is 0 Å². The van der Waals surface area contributed by atoms with Crippen molar-refractivity contribution in [1.82, 2.24) is 4.98 Å². The number of benzene rings is 1. The Bertz CT molecular complexity index is 1170. The van der Waals surface area contributed by atoms with E-state index in [1.165, 1.54) is 42.0 Å². The molecule has 0 fully saturated rings. The minimum absolute atomic E-state index is 0.0546. The molecule has 0 aliphatic carbocycles. The Morgan fingerprint density at radius 2 is 1.65 bits per heavy atom. The third-order valence-electron chi connectivity index (χ3n) is 4.90. The molecule has 0 atom stereocenters. The molecule has 0 saturated heterocycles. The molecule has 6 heteroatoms. The van der Waals surface area contributed by atoms with Gasteiger partial charge in [-0.1, -0.05) is 57.0 Å². The van der Waals surface area contributed by atoms with Gasteiger partial charge in [-0.05, 0) is 31.1 Å². The fourth-order valence-corrected chi connectivity index (χ4v) is 5.27. The van der Waals surface area contributed by atoms with Gasteiger partial charge in [-0.15, -0.1) is 22.7 Å². The molecular weight excluding hydrogens is 420 g/mol. The highest BCUT2D eigenvalue weighted by molar-refractivity contribution is 7.17. The van der Waals surface area contributed by atoms with Crippen molar-refractivity contribution in [1.29, 1.82) is 10.5 Å². The van der Waals surface area contributed by atoms with Gasteiger partial charge in [0.05, 0.1) is 15.2 Å². The van der Waals surface area contributed by atoms with E-state index in [9.17, 15) is 10.5 Å². The molecule has 0 aliphatic rings. The normalized spacial score (nSPS) is 11.2. The topological polar surface area (TPSA) is 63.7 Å². The molecule has 0 N–H and O–H groups in total. The molecule has 158 valence electrons. The van der Waals surface area contributed by atoms with Crippen LogP contribution in [-0.4, -0.2) is 18.1 Å². The van der Waals surface area contributed by atoms with Crippen molar-refractivity contribution in [3.63, 3.8) is 0 Å². The summed E-state index contributed by atoms with van der Waals surface area (Å²) in [5.41, 5.74) is 1.85. The molecule has 0 amide bonds. The van der Waals surface area contributed by atoms with Gasteiger partial charge in [-0.25, -0.2) is 4.98 Å². The summed E-state index contributed by atoms with van der Waals surface area (Å²) in [6, 6.07) is 18.2. The van der Waals surface area contributed by atoms with Crippen LogP contribution in [0.25, 0.3) is 22.9 Å². The Morgan fingerprint density at radius 1 is 0.968 bits per heavy atom. The molecule has 3 rings (SSSR count). The van der Waals surface area contributed by atoms with E-state index in [1.54, 1.807) is 11.3 Å². The van der Waals surface area contributed by atoms with Crippen LogP contribution in [0.4, 0.5) is 5.00 Å². The standard InChI is InChI=1S/C25H26N4S2/c1-3-5-14-29(15-6-4-2)23-13-12-21(30-23)16-22-24(19-10-8-7-9-11-19)28-25(31-22)20(17-26)18-27/h7-13,16H,3-6,14-15H2,1-2H3/b22-16-. The molecule has 31 heavy (non-hydrogen) atoms. The van der Waals surface area contributed by atoms with Crippen molar-refractivity contribution >= 4 is 39.3 Å². The number of unbranched alkanes of at least 4 members (excludes halogenated alkanes) is 2. The molecule has 2 heterocycles. The van der Waals surface area contributed by atoms with E-state index in [0.29, 0.717) is 4.66 Å². The number of rotatable bonds is 9. The second kappa shape index (κ2) is 11.5. The van der Waals surface area contributed by atoms with Crippen LogP contribution in [0.1, 0.15) is 44.4 Å². The third-order valence-corrected chi connectivity index (χ3v) is 7.01. The minimum atomic E-state index is 0.0546. The third kappa shape index (κ3) is 5.82. The summed E-state index contributed by atoms with van der Waals surface area (Å²) >= 11 is 3.18. The smallest absolute Gasteiger partial charge is 0.165 e. The highest BCUT2D eigenvalue weighted by atomic mass is 32.1. The zero-order chi connectivity index (χ0) is 22.1. The van der Waals surface area contributed by atoms with Crippen LogP contribution in [0.3, 0.4) is 0 Å². The van der Waals surface area contributed by atoms with Crippen molar-refractivity contribution in [2.45, 2.75) is 39.5 Å². The van der Waals surface area contributed by atoms with E-state index in [1.807, 2.05) is 42.5 Å². The summed E-state index contributed by atoms with van der Waals surface area (Å²) in [5.74, 6) is 0. The quantitative estimate of drug-likeness (QED) is 0.447. The number of anilines is 1. The lowest BCUT2D eigenvalue weighted by Gasteiger charge is -2.22. The second-order valence-electron chi connectivity index (χ2n) is 7.21. The van der Waals surface area contributed by atoms with Crippen molar-refractivity contribution < 1.29 is 0 Å². The van der Waals surface area contributed by atoms with E-state index >= 15 is 0 Å². The lowest BCUT2D eigenvalue weighted by Crippen LogP contribution is -2.24. The van der Waals surface area contributed by atoms with Crippen molar-refractivity contribution in [2.75, 3.05) is 18.0 Å². The average molecular weight is 447 g/mol. The first kappa shape index (κ1) is 22.7. The maximum Gasteiger partial charge on any atom is 0.165 e. The molecule has 2 aromatic heterocycles. The maximum absolute atomic E-state index is 9.29. The number of hydrogen-bond acceptors (Lipinski definition) is 6. The first-order valence-electron chi connectivity index (χ1n) is 10.6. The summed E-state index contributed by atoms with van der Waals surface area (Å²) in [7, 11) is 0. The number of nitriles is 2. The second-order valence-corrected chi connectivity index (χ2v) is 9.34. The van der Waals surface area contributed by atoms with Gasteiger partial charge in [0.2, 0.25) is 0 Å². The van der Waals surface area contributed by atoms with Gasteiger partial charge in [0.1, 0.15) is 16.8 Å². The lowest BCUT2D eigenvalue weighted by molar-refractivity contribution is 0.682. The van der Waals surface area contributed by atoms with E-state index in [2.05, 4.69) is 41.9 Å². The molecule has 0 radical (unpaired) electrons. The van der Waals surface area contributed by atoms with Crippen LogP contribution in [0.5, 0.6) is 0 Å². The zero-order valence-electron chi connectivity index (χ0n) is 18.0. The van der Waals surface area contributed by atoms with E-state index in [4.69, 9.17) is 0 Å². The summed E-state index contributed by atoms with van der Waals surface area (Å²) < 4.78 is 1.44. The van der Waals surface area contributed by atoms with Crippen LogP contribution < -0.4 is 14.1 Å². The number of aromatic nitrogens is 1. The van der Waals surface area contributed by atoms with E-state index < -0.39 is 0 Å². The van der Waals surface area contributed by atoms with Crippen LogP contribution >= 0.6 is 22.7 Å². The molecular formula is C25H26N4S2. The number of hydrogen-bond donors (Lipinski definition) is 0. The van der Waals surface area contributed by atoms with Crippen LogP contribution in [0, 0.1) is 22.7 Å². The molecule has 0 unspecified atom stereocenters. The molecule has 0 spiro atoms. The Hall–Kier alpha value is -2.93. The number of nitrogens with zero attached hydrogens (tertiary/aromatic N) is 4. The SMILES string of the molecule is CCCCN(CCCC)c1ccc(/C=c2\sc(=C(C#N)C#N)nc2-c2ccccc2)s1. The van der Waals surface area contributed by atoms with Crippen LogP contribution in [-0.2, 0) is 0 Å². The first-order valence-corrected chi connectivity index (χ1v) is 12.3. The molecule has 3 aromatic rings. The number of thiophene rings is 1. The molecule has 0 bridgehead atoms. The monoisotopic (exact) mass is 446 g/mol. The summed E-state index contributed by atoms with van der Waals surface area (Å²) in [4.78, 5) is 8.28. The van der Waals surface area contributed by atoms with E-state index in [0.717, 1.165) is 33.8 Å². The van der Waals surface area contributed by atoms with Gasteiger partial charge in [0.15, 0.2) is 5.57 Å². The Morgan fingerprint density at radius 3 is 2.26 bits per heavy atom. The highest BCUT2D eigenvalue weighted by Crippen LogP contribution is 2.27. The summed E-state index contributed by atoms with van der Waals surface area (Å²) in [5, 5.41) is 19.9. The van der Waals surface area contributed by atoms with E-state index in [-0.39, 0.29) is 5.57 Å². The van der Waals surface area contributed by atoms with Crippen molar-refractivity contribution in [3.8, 4) is 23.4 Å². The first-order chi connectivity index (χ1) is 15.2. The number of thiazole rings is 1. The highest BCUT2D eigenvalue weighted by Gasteiger charge is 2.11. The predicted molar refractivity (Wildman–Crippen MR) is 131 cm³/mol. The maximum atomic E-state index is 9.29. The Kier molecular flexibility index (Phi) is 8.41. The fourth-order valence-electron chi connectivity index (χ4n) is 3.21. The van der Waals surface area contributed by atoms with Gasteiger partial charge in [-0.2, -0.15) is 10.5 Å². The largest absolute Gasteiger partial charge is 0.363 e.